The molecule has 0 saturated heterocycles. The lowest BCUT2D eigenvalue weighted by atomic mass is 10.0. The van der Waals surface area contributed by atoms with Crippen molar-refractivity contribution in [3.63, 3.8) is 0 Å². The SMILES string of the molecule is O=S(=O)(NCC1(O)CCCC1)c1cnccc1Cl. The highest BCUT2D eigenvalue weighted by Gasteiger charge is 2.32. The number of sulfonamides is 1. The third-order valence-electron chi connectivity index (χ3n) is 3.15. The van der Waals surface area contributed by atoms with Gasteiger partial charge in [0.05, 0.1) is 10.6 Å². The molecule has 0 bridgehead atoms. The molecule has 0 spiro atoms. The van der Waals surface area contributed by atoms with Crippen LogP contribution in [-0.2, 0) is 10.0 Å². The summed E-state index contributed by atoms with van der Waals surface area (Å²) in [5.41, 5.74) is -0.929. The molecule has 18 heavy (non-hydrogen) atoms. The summed E-state index contributed by atoms with van der Waals surface area (Å²) >= 11 is 5.82. The Morgan fingerprint density at radius 2 is 2.11 bits per heavy atom. The molecule has 5 nitrogen and oxygen atoms in total. The van der Waals surface area contributed by atoms with Gasteiger partial charge in [-0.3, -0.25) is 4.98 Å². The number of halogens is 1. The molecule has 0 atom stereocenters. The third-order valence-corrected chi connectivity index (χ3v) is 5.02. The molecule has 1 heterocycles. The van der Waals surface area contributed by atoms with Gasteiger partial charge >= 0.3 is 0 Å². The van der Waals surface area contributed by atoms with Gasteiger partial charge in [-0.25, -0.2) is 13.1 Å². The summed E-state index contributed by atoms with van der Waals surface area (Å²) in [5, 5.41) is 10.2. The first-order chi connectivity index (χ1) is 8.43. The van der Waals surface area contributed by atoms with E-state index in [0.717, 1.165) is 12.8 Å². The van der Waals surface area contributed by atoms with E-state index >= 15 is 0 Å². The standard InChI is InChI=1S/C11H15ClN2O3S/c12-9-3-6-13-7-10(9)18(16,17)14-8-11(15)4-1-2-5-11/h3,6-7,14-15H,1-2,4-5,8H2. The highest BCUT2D eigenvalue weighted by molar-refractivity contribution is 7.89. The minimum Gasteiger partial charge on any atom is -0.389 e. The van der Waals surface area contributed by atoms with Crippen LogP contribution in [0.1, 0.15) is 25.7 Å². The van der Waals surface area contributed by atoms with Gasteiger partial charge in [0.15, 0.2) is 0 Å². The maximum atomic E-state index is 12.0. The maximum absolute atomic E-state index is 12.0. The molecule has 1 fully saturated rings. The molecule has 0 amide bonds. The number of nitrogens with one attached hydrogen (secondary N) is 1. The van der Waals surface area contributed by atoms with E-state index in [0.29, 0.717) is 12.8 Å². The molecule has 0 aromatic carbocycles. The van der Waals surface area contributed by atoms with Crippen LogP contribution in [0.5, 0.6) is 0 Å². The Balaban J connectivity index is 2.11. The van der Waals surface area contributed by atoms with E-state index in [-0.39, 0.29) is 16.5 Å². The molecule has 2 rings (SSSR count). The molecular formula is C11H15ClN2O3S. The second-order valence-corrected chi connectivity index (χ2v) is 6.70. The second kappa shape index (κ2) is 5.13. The highest BCUT2D eigenvalue weighted by Crippen LogP contribution is 2.29. The number of aromatic nitrogens is 1. The normalized spacial score (nSPS) is 19.0. The zero-order chi connectivity index (χ0) is 13.2. The Morgan fingerprint density at radius 3 is 2.72 bits per heavy atom. The lowest BCUT2D eigenvalue weighted by molar-refractivity contribution is 0.0532. The molecule has 7 heteroatoms. The predicted molar refractivity (Wildman–Crippen MR) is 67.9 cm³/mol. The van der Waals surface area contributed by atoms with Crippen LogP contribution in [0.2, 0.25) is 5.02 Å². The molecule has 0 radical (unpaired) electrons. The van der Waals surface area contributed by atoms with E-state index in [2.05, 4.69) is 9.71 Å². The Bertz CT molecular complexity index is 527. The van der Waals surface area contributed by atoms with Gasteiger partial charge in [0.25, 0.3) is 0 Å². The number of aliphatic hydroxyl groups is 1. The van der Waals surface area contributed by atoms with Crippen molar-refractivity contribution in [3.05, 3.63) is 23.5 Å². The number of rotatable bonds is 4. The molecule has 1 aliphatic rings. The van der Waals surface area contributed by atoms with Gasteiger partial charge in [-0.05, 0) is 18.9 Å². The smallest absolute Gasteiger partial charge is 0.243 e. The first-order valence-corrected chi connectivity index (χ1v) is 7.61. The van der Waals surface area contributed by atoms with Crippen molar-refractivity contribution in [2.24, 2.45) is 0 Å². The summed E-state index contributed by atoms with van der Waals surface area (Å²) in [4.78, 5) is 3.68. The lowest BCUT2D eigenvalue weighted by Gasteiger charge is -2.22. The van der Waals surface area contributed by atoms with Crippen LogP contribution in [0, 0.1) is 0 Å². The molecular weight excluding hydrogens is 276 g/mol. The van der Waals surface area contributed by atoms with Gasteiger partial charge in [0, 0.05) is 18.9 Å². The monoisotopic (exact) mass is 290 g/mol. The summed E-state index contributed by atoms with van der Waals surface area (Å²) in [5.74, 6) is 0. The zero-order valence-corrected chi connectivity index (χ0v) is 11.3. The number of hydrogen-bond acceptors (Lipinski definition) is 4. The van der Waals surface area contributed by atoms with E-state index in [1.54, 1.807) is 0 Å². The Kier molecular flexibility index (Phi) is 3.91. The van der Waals surface area contributed by atoms with Crippen LogP contribution < -0.4 is 4.72 Å². The van der Waals surface area contributed by atoms with Crippen LogP contribution in [0.3, 0.4) is 0 Å². The molecule has 1 aliphatic carbocycles. The molecule has 0 aliphatic heterocycles. The van der Waals surface area contributed by atoms with Gasteiger partial charge < -0.3 is 5.11 Å². The van der Waals surface area contributed by atoms with Crippen molar-refractivity contribution in [2.45, 2.75) is 36.2 Å². The van der Waals surface area contributed by atoms with E-state index in [9.17, 15) is 13.5 Å². The fourth-order valence-electron chi connectivity index (χ4n) is 2.08. The number of nitrogens with zero attached hydrogens (tertiary/aromatic N) is 1. The minimum absolute atomic E-state index is 0.0144. The average Bonchev–Trinajstić information content (AvgIpc) is 2.75. The van der Waals surface area contributed by atoms with Crippen LogP contribution in [0.4, 0.5) is 0 Å². The van der Waals surface area contributed by atoms with Crippen molar-refractivity contribution >= 4 is 21.6 Å². The summed E-state index contributed by atoms with van der Waals surface area (Å²) in [6.07, 6.45) is 5.71. The van der Waals surface area contributed by atoms with Crippen molar-refractivity contribution in [3.8, 4) is 0 Å². The van der Waals surface area contributed by atoms with Crippen LogP contribution in [0.25, 0.3) is 0 Å². The Labute approximate surface area is 111 Å². The molecule has 1 saturated carbocycles. The molecule has 0 unspecified atom stereocenters. The minimum atomic E-state index is -3.72. The van der Waals surface area contributed by atoms with Crippen molar-refractivity contribution in [2.75, 3.05) is 6.54 Å². The largest absolute Gasteiger partial charge is 0.389 e. The second-order valence-electron chi connectivity index (χ2n) is 4.56. The summed E-state index contributed by atoms with van der Waals surface area (Å²) < 4.78 is 26.4. The van der Waals surface area contributed by atoms with Crippen molar-refractivity contribution in [1.82, 2.24) is 9.71 Å². The molecule has 1 aromatic rings. The van der Waals surface area contributed by atoms with Gasteiger partial charge in [0.2, 0.25) is 10.0 Å². The topological polar surface area (TPSA) is 79.3 Å². The van der Waals surface area contributed by atoms with Crippen molar-refractivity contribution in [1.29, 1.82) is 0 Å². The molecule has 2 N–H and O–H groups in total. The third kappa shape index (κ3) is 3.00. The van der Waals surface area contributed by atoms with E-state index in [1.807, 2.05) is 0 Å². The Morgan fingerprint density at radius 1 is 1.44 bits per heavy atom. The highest BCUT2D eigenvalue weighted by atomic mass is 35.5. The summed E-state index contributed by atoms with van der Waals surface area (Å²) in [6.45, 7) is 0.0144. The lowest BCUT2D eigenvalue weighted by Crippen LogP contribution is -2.40. The van der Waals surface area contributed by atoms with Gasteiger partial charge in [-0.15, -0.1) is 0 Å². The van der Waals surface area contributed by atoms with Crippen LogP contribution in [0.15, 0.2) is 23.4 Å². The van der Waals surface area contributed by atoms with E-state index < -0.39 is 15.6 Å². The summed E-state index contributed by atoms with van der Waals surface area (Å²) in [7, 11) is -3.72. The maximum Gasteiger partial charge on any atom is 0.243 e. The van der Waals surface area contributed by atoms with Crippen LogP contribution >= 0.6 is 11.6 Å². The fraction of sp³-hybridized carbons (Fsp3) is 0.545. The first-order valence-electron chi connectivity index (χ1n) is 5.75. The fourth-order valence-corrected chi connectivity index (χ4v) is 3.63. The van der Waals surface area contributed by atoms with Crippen LogP contribution in [-0.4, -0.2) is 30.7 Å². The predicted octanol–water partition coefficient (Wildman–Crippen LogP) is 1.32. The molecule has 100 valence electrons. The Hall–Kier alpha value is -0.690. The number of hydrogen-bond donors (Lipinski definition) is 2. The van der Waals surface area contributed by atoms with Gasteiger partial charge in [-0.1, -0.05) is 24.4 Å². The van der Waals surface area contributed by atoms with Gasteiger partial charge in [0.1, 0.15) is 4.90 Å². The quantitative estimate of drug-likeness (QED) is 0.876. The van der Waals surface area contributed by atoms with E-state index in [4.69, 9.17) is 11.6 Å². The molecule has 1 aromatic heterocycles. The first kappa shape index (κ1) is 13.7. The zero-order valence-electron chi connectivity index (χ0n) is 9.76. The number of pyridine rings is 1. The van der Waals surface area contributed by atoms with Gasteiger partial charge in [-0.2, -0.15) is 0 Å². The van der Waals surface area contributed by atoms with Crippen molar-refractivity contribution < 1.29 is 13.5 Å². The average molecular weight is 291 g/mol. The van der Waals surface area contributed by atoms with E-state index in [1.165, 1.54) is 18.5 Å². The summed E-state index contributed by atoms with van der Waals surface area (Å²) in [6, 6.07) is 1.42.